The fraction of sp³-hybridized carbons (Fsp3) is 0.444. The molecule has 2 heterocycles. The van der Waals surface area contributed by atoms with E-state index in [9.17, 15) is 0 Å². The Morgan fingerprint density at radius 1 is 1.35 bits per heavy atom. The van der Waals surface area contributed by atoms with E-state index in [0.29, 0.717) is 11.5 Å². The minimum Gasteiger partial charge on any atom is -0.467 e. The molecule has 0 aliphatic rings. The van der Waals surface area contributed by atoms with Crippen molar-refractivity contribution in [2.45, 2.75) is 19.9 Å². The Morgan fingerprint density at radius 2 is 2.18 bits per heavy atom. The zero-order valence-electron chi connectivity index (χ0n) is 9.66. The molecule has 2 aromatic heterocycles. The third-order valence-corrected chi connectivity index (χ3v) is 2.10. The minimum absolute atomic E-state index is 0.107. The van der Waals surface area contributed by atoms with Gasteiger partial charge in [-0.2, -0.15) is 15.0 Å². The first-order valence-corrected chi connectivity index (χ1v) is 5.19. The SMILES string of the molecule is CCCn1nncc1-c1nc(N)nc(OC)n1. The molecule has 0 amide bonds. The molecule has 90 valence electrons. The Labute approximate surface area is 97.9 Å². The normalized spacial score (nSPS) is 10.5. The molecular formula is C9H13N7O. The summed E-state index contributed by atoms with van der Waals surface area (Å²) >= 11 is 0. The van der Waals surface area contributed by atoms with Crippen molar-refractivity contribution in [3.05, 3.63) is 6.20 Å². The molecule has 8 nitrogen and oxygen atoms in total. The molecule has 0 unspecified atom stereocenters. The molecule has 0 saturated heterocycles. The molecule has 0 spiro atoms. The smallest absolute Gasteiger partial charge is 0.321 e. The van der Waals surface area contributed by atoms with Crippen LogP contribution >= 0.6 is 0 Å². The van der Waals surface area contributed by atoms with E-state index in [2.05, 4.69) is 25.3 Å². The number of anilines is 1. The Balaban J connectivity index is 2.44. The van der Waals surface area contributed by atoms with Crippen molar-refractivity contribution in [2.75, 3.05) is 12.8 Å². The predicted octanol–water partition coefficient (Wildman–Crippen LogP) is 0.131. The summed E-state index contributed by atoms with van der Waals surface area (Å²) in [7, 11) is 1.47. The van der Waals surface area contributed by atoms with Gasteiger partial charge in [-0.25, -0.2) is 4.68 Å². The van der Waals surface area contributed by atoms with Crippen molar-refractivity contribution in [1.82, 2.24) is 29.9 Å². The maximum atomic E-state index is 5.57. The standard InChI is InChI=1S/C9H13N7O/c1-3-4-16-6(5-11-15-16)7-12-8(10)14-9(13-7)17-2/h5H,3-4H2,1-2H3,(H2,10,12,13,14). The van der Waals surface area contributed by atoms with Crippen LogP contribution in [-0.2, 0) is 6.54 Å². The number of rotatable bonds is 4. The van der Waals surface area contributed by atoms with Gasteiger partial charge in [0.05, 0.1) is 13.3 Å². The lowest BCUT2D eigenvalue weighted by atomic mass is 10.4. The zero-order valence-corrected chi connectivity index (χ0v) is 9.66. The summed E-state index contributed by atoms with van der Waals surface area (Å²) in [5.41, 5.74) is 6.27. The topological polar surface area (TPSA) is 105 Å². The maximum absolute atomic E-state index is 5.57. The molecule has 2 aromatic rings. The van der Waals surface area contributed by atoms with E-state index >= 15 is 0 Å². The molecule has 0 saturated carbocycles. The summed E-state index contributed by atoms with van der Waals surface area (Å²) in [5.74, 6) is 0.517. The van der Waals surface area contributed by atoms with E-state index < -0.39 is 0 Å². The van der Waals surface area contributed by atoms with Crippen LogP contribution in [-0.4, -0.2) is 37.1 Å². The highest BCUT2D eigenvalue weighted by Gasteiger charge is 2.12. The van der Waals surface area contributed by atoms with Crippen molar-refractivity contribution in [3.63, 3.8) is 0 Å². The number of aryl methyl sites for hydroxylation is 1. The highest BCUT2D eigenvalue weighted by molar-refractivity contribution is 5.49. The van der Waals surface area contributed by atoms with Gasteiger partial charge in [0.1, 0.15) is 5.69 Å². The van der Waals surface area contributed by atoms with Crippen molar-refractivity contribution in [2.24, 2.45) is 0 Å². The molecule has 0 atom stereocenters. The first-order chi connectivity index (χ1) is 8.24. The van der Waals surface area contributed by atoms with Crippen LogP contribution < -0.4 is 10.5 Å². The van der Waals surface area contributed by atoms with Gasteiger partial charge in [0.15, 0.2) is 5.82 Å². The minimum atomic E-state index is 0.107. The van der Waals surface area contributed by atoms with Gasteiger partial charge in [-0.1, -0.05) is 12.1 Å². The average Bonchev–Trinajstić information content (AvgIpc) is 2.77. The highest BCUT2D eigenvalue weighted by atomic mass is 16.5. The number of methoxy groups -OCH3 is 1. The number of nitrogen functional groups attached to an aromatic ring is 1. The Bertz CT molecular complexity index is 510. The summed E-state index contributed by atoms with van der Waals surface area (Å²) < 4.78 is 6.66. The van der Waals surface area contributed by atoms with Crippen LogP contribution in [0.3, 0.4) is 0 Å². The molecule has 8 heteroatoms. The first-order valence-electron chi connectivity index (χ1n) is 5.19. The molecule has 2 rings (SSSR count). The van der Waals surface area contributed by atoms with Gasteiger partial charge in [0.25, 0.3) is 0 Å². The van der Waals surface area contributed by atoms with Crippen LogP contribution in [0.25, 0.3) is 11.5 Å². The summed E-state index contributed by atoms with van der Waals surface area (Å²) in [4.78, 5) is 12.0. The average molecular weight is 235 g/mol. The van der Waals surface area contributed by atoms with E-state index in [1.54, 1.807) is 10.9 Å². The second-order valence-electron chi connectivity index (χ2n) is 3.35. The number of nitrogens with zero attached hydrogens (tertiary/aromatic N) is 6. The van der Waals surface area contributed by atoms with Gasteiger partial charge >= 0.3 is 6.01 Å². The molecule has 0 bridgehead atoms. The molecule has 0 aliphatic heterocycles. The number of nitrogens with two attached hydrogens (primary N) is 1. The van der Waals surface area contributed by atoms with Crippen molar-refractivity contribution < 1.29 is 4.74 Å². The monoisotopic (exact) mass is 235 g/mol. The predicted molar refractivity (Wildman–Crippen MR) is 60.1 cm³/mol. The Kier molecular flexibility index (Phi) is 3.12. The molecular weight excluding hydrogens is 222 g/mol. The largest absolute Gasteiger partial charge is 0.467 e. The highest BCUT2D eigenvalue weighted by Crippen LogP contribution is 2.16. The Morgan fingerprint density at radius 3 is 2.88 bits per heavy atom. The lowest BCUT2D eigenvalue weighted by Crippen LogP contribution is -2.07. The van der Waals surface area contributed by atoms with Crippen LogP contribution in [0.5, 0.6) is 6.01 Å². The van der Waals surface area contributed by atoms with E-state index in [0.717, 1.165) is 13.0 Å². The number of aromatic nitrogens is 6. The van der Waals surface area contributed by atoms with Crippen molar-refractivity contribution in [3.8, 4) is 17.5 Å². The number of ether oxygens (including phenoxy) is 1. The molecule has 0 aliphatic carbocycles. The van der Waals surface area contributed by atoms with Crippen LogP contribution in [0.1, 0.15) is 13.3 Å². The lowest BCUT2D eigenvalue weighted by molar-refractivity contribution is 0.379. The second kappa shape index (κ2) is 4.73. The van der Waals surface area contributed by atoms with Crippen LogP contribution in [0, 0.1) is 0 Å². The summed E-state index contributed by atoms with van der Waals surface area (Å²) in [6, 6.07) is 0.178. The van der Waals surface area contributed by atoms with E-state index in [-0.39, 0.29) is 12.0 Å². The van der Waals surface area contributed by atoms with Crippen molar-refractivity contribution >= 4 is 5.95 Å². The number of hydrogen-bond donors (Lipinski definition) is 1. The summed E-state index contributed by atoms with van der Waals surface area (Å²) in [6.07, 6.45) is 2.53. The summed E-state index contributed by atoms with van der Waals surface area (Å²) in [6.45, 7) is 2.79. The van der Waals surface area contributed by atoms with Gasteiger partial charge in [-0.05, 0) is 6.42 Å². The maximum Gasteiger partial charge on any atom is 0.321 e. The molecule has 0 radical (unpaired) electrons. The lowest BCUT2D eigenvalue weighted by Gasteiger charge is -2.05. The fourth-order valence-corrected chi connectivity index (χ4v) is 1.39. The van der Waals surface area contributed by atoms with Gasteiger partial charge in [-0.3, -0.25) is 0 Å². The second-order valence-corrected chi connectivity index (χ2v) is 3.35. The quantitative estimate of drug-likeness (QED) is 0.802. The zero-order chi connectivity index (χ0) is 12.3. The van der Waals surface area contributed by atoms with Gasteiger partial charge in [0.2, 0.25) is 5.95 Å². The summed E-state index contributed by atoms with van der Waals surface area (Å²) in [5, 5.41) is 7.79. The van der Waals surface area contributed by atoms with Gasteiger partial charge in [-0.15, -0.1) is 5.10 Å². The number of hydrogen-bond acceptors (Lipinski definition) is 7. The van der Waals surface area contributed by atoms with Crippen molar-refractivity contribution in [1.29, 1.82) is 0 Å². The van der Waals surface area contributed by atoms with E-state index in [4.69, 9.17) is 10.5 Å². The third kappa shape index (κ3) is 2.30. The van der Waals surface area contributed by atoms with Crippen LogP contribution in [0.15, 0.2) is 6.20 Å². The Hall–Kier alpha value is -2.25. The molecule has 0 aromatic carbocycles. The van der Waals surface area contributed by atoms with E-state index in [1.165, 1.54) is 7.11 Å². The molecule has 2 N–H and O–H groups in total. The first kappa shape index (κ1) is 11.2. The third-order valence-electron chi connectivity index (χ3n) is 2.10. The van der Waals surface area contributed by atoms with E-state index in [1.807, 2.05) is 6.92 Å². The van der Waals surface area contributed by atoms with Gasteiger partial charge < -0.3 is 10.5 Å². The molecule has 17 heavy (non-hydrogen) atoms. The fourth-order valence-electron chi connectivity index (χ4n) is 1.39. The van der Waals surface area contributed by atoms with Crippen LogP contribution in [0.2, 0.25) is 0 Å². The van der Waals surface area contributed by atoms with Gasteiger partial charge in [0, 0.05) is 6.54 Å². The van der Waals surface area contributed by atoms with Crippen LogP contribution in [0.4, 0.5) is 5.95 Å². The molecule has 0 fully saturated rings.